The second kappa shape index (κ2) is 45.4. The van der Waals surface area contributed by atoms with Crippen LogP contribution in [0.2, 0.25) is 0 Å². The number of quaternary nitrogens is 1. The zero-order valence-electron chi connectivity index (χ0n) is 37.7. The molecule has 0 saturated carbocycles. The Bertz CT molecular complexity index is 557. The first kappa shape index (κ1) is 52.0. The fraction of sp³-hybridized carbons (Fsp3) is 1.00. The Morgan fingerprint density at radius 1 is 0.154 bits per heavy atom. The second-order valence-electron chi connectivity index (χ2n) is 18.0. The van der Waals surface area contributed by atoms with Gasteiger partial charge in [-0.1, -0.05) is 252 Å². The van der Waals surface area contributed by atoms with Crippen molar-refractivity contribution in [1.29, 1.82) is 0 Å². The molecule has 0 N–H and O–H groups in total. The van der Waals surface area contributed by atoms with Crippen LogP contribution in [0, 0.1) is 0 Å². The fourth-order valence-electron chi connectivity index (χ4n) is 8.94. The number of unbranched alkanes of at least 4 members (excludes halogenated alkanes) is 39. The first-order valence-electron chi connectivity index (χ1n) is 25.6. The summed E-state index contributed by atoms with van der Waals surface area (Å²) in [7, 11) is 0. The molecule has 1 nitrogen and oxygen atoms in total. The third-order valence-corrected chi connectivity index (χ3v) is 12.7. The smallest absolute Gasteiger partial charge is 0.0786 e. The van der Waals surface area contributed by atoms with E-state index in [2.05, 4.69) is 27.7 Å². The molecule has 0 aliphatic heterocycles. The maximum absolute atomic E-state index is 2.34. The predicted octanol–water partition coefficient (Wildman–Crippen LogP) is 18.7. The van der Waals surface area contributed by atoms with Gasteiger partial charge in [-0.05, 0) is 51.4 Å². The Kier molecular flexibility index (Phi) is 45.3. The summed E-state index contributed by atoms with van der Waals surface area (Å²) in [5.74, 6) is 0. The molecule has 0 aliphatic rings. The molecule has 0 rings (SSSR count). The third kappa shape index (κ3) is 39.6. The molecule has 0 saturated heterocycles. The summed E-state index contributed by atoms with van der Waals surface area (Å²) < 4.78 is 1.49. The van der Waals surface area contributed by atoms with Crippen molar-refractivity contribution >= 4 is 0 Å². The number of nitrogens with zero attached hydrogens (tertiary/aromatic N) is 1. The lowest BCUT2D eigenvalue weighted by atomic mass is 10.0. The zero-order chi connectivity index (χ0) is 37.7. The number of hydrogen-bond donors (Lipinski definition) is 0. The molecule has 0 spiro atoms. The van der Waals surface area contributed by atoms with E-state index in [9.17, 15) is 0 Å². The maximum Gasteiger partial charge on any atom is 0.0786 e. The van der Waals surface area contributed by atoms with Gasteiger partial charge in [0.05, 0.1) is 26.2 Å². The van der Waals surface area contributed by atoms with E-state index in [0.717, 1.165) is 0 Å². The molecular weight excluding hydrogens is 627 g/mol. The Labute approximate surface area is 333 Å². The van der Waals surface area contributed by atoms with Crippen molar-refractivity contribution in [2.24, 2.45) is 0 Å². The molecule has 0 radical (unpaired) electrons. The summed E-state index contributed by atoms with van der Waals surface area (Å²) in [5.41, 5.74) is 0. The Morgan fingerprint density at radius 3 is 0.404 bits per heavy atom. The Hall–Kier alpha value is -0.0400. The molecular formula is C51H106N+. The van der Waals surface area contributed by atoms with Crippen LogP contribution in [0.4, 0.5) is 0 Å². The van der Waals surface area contributed by atoms with E-state index in [1.165, 1.54) is 307 Å². The van der Waals surface area contributed by atoms with Crippen LogP contribution in [0.25, 0.3) is 0 Å². The average Bonchev–Trinajstić information content (AvgIpc) is 3.15. The van der Waals surface area contributed by atoms with Gasteiger partial charge in [0.2, 0.25) is 0 Å². The maximum atomic E-state index is 2.34. The molecule has 0 fully saturated rings. The Balaban J connectivity index is 4.74. The minimum absolute atomic E-state index is 1.37. The highest BCUT2D eigenvalue weighted by Gasteiger charge is 2.25. The molecule has 0 heterocycles. The molecule has 0 unspecified atom stereocenters. The molecule has 0 bridgehead atoms. The van der Waals surface area contributed by atoms with Gasteiger partial charge in [0, 0.05) is 0 Å². The highest BCUT2D eigenvalue weighted by atomic mass is 15.3. The van der Waals surface area contributed by atoms with Crippen LogP contribution in [0.5, 0.6) is 0 Å². The summed E-state index contributed by atoms with van der Waals surface area (Å²) in [5, 5.41) is 0. The SMILES string of the molecule is CCCCCCCCCCCCCCCCCC[N+](CCCCCCCCCCC)(CCCCCCCCCCC)CCCCCCCCCCC. The van der Waals surface area contributed by atoms with Gasteiger partial charge in [-0.25, -0.2) is 0 Å². The van der Waals surface area contributed by atoms with Gasteiger partial charge in [-0.2, -0.15) is 0 Å². The van der Waals surface area contributed by atoms with Crippen LogP contribution in [0.3, 0.4) is 0 Å². The van der Waals surface area contributed by atoms with E-state index >= 15 is 0 Å². The molecule has 0 aromatic carbocycles. The van der Waals surface area contributed by atoms with Crippen LogP contribution < -0.4 is 0 Å². The van der Waals surface area contributed by atoms with E-state index in [4.69, 9.17) is 0 Å². The number of rotatable bonds is 47. The lowest BCUT2D eigenvalue weighted by Crippen LogP contribution is -2.50. The lowest BCUT2D eigenvalue weighted by Gasteiger charge is -2.40. The van der Waals surface area contributed by atoms with E-state index in [1.807, 2.05) is 0 Å². The highest BCUT2D eigenvalue weighted by Crippen LogP contribution is 2.22. The molecule has 314 valence electrons. The topological polar surface area (TPSA) is 0 Å². The molecule has 52 heavy (non-hydrogen) atoms. The standard InChI is InChI=1S/C51H106N/c1-5-9-13-17-21-25-26-27-28-29-30-31-35-39-43-47-51-52(48-44-40-36-32-22-18-14-10-6-2,49-45-41-37-33-23-19-15-11-7-3)50-46-42-38-34-24-20-16-12-8-4/h5-51H2,1-4H3/q+1. The predicted molar refractivity (Wildman–Crippen MR) is 241 cm³/mol. The third-order valence-electron chi connectivity index (χ3n) is 12.7. The normalized spacial score (nSPS) is 12.0. The van der Waals surface area contributed by atoms with E-state index in [-0.39, 0.29) is 0 Å². The van der Waals surface area contributed by atoms with E-state index in [1.54, 1.807) is 0 Å². The lowest BCUT2D eigenvalue weighted by molar-refractivity contribution is -0.929. The van der Waals surface area contributed by atoms with Gasteiger partial charge in [0.15, 0.2) is 0 Å². The van der Waals surface area contributed by atoms with Gasteiger partial charge >= 0.3 is 0 Å². The summed E-state index contributed by atoms with van der Waals surface area (Å²) >= 11 is 0. The molecule has 0 atom stereocenters. The summed E-state index contributed by atoms with van der Waals surface area (Å²) in [6.45, 7) is 15.3. The molecule has 1 heteroatoms. The average molecular weight is 733 g/mol. The Morgan fingerprint density at radius 2 is 0.269 bits per heavy atom. The van der Waals surface area contributed by atoms with Crippen LogP contribution in [-0.4, -0.2) is 30.7 Å². The molecule has 0 aromatic heterocycles. The molecule has 0 aliphatic carbocycles. The van der Waals surface area contributed by atoms with Gasteiger partial charge < -0.3 is 4.48 Å². The highest BCUT2D eigenvalue weighted by molar-refractivity contribution is 4.57. The van der Waals surface area contributed by atoms with Crippen molar-refractivity contribution < 1.29 is 4.48 Å². The van der Waals surface area contributed by atoms with Crippen molar-refractivity contribution in [2.75, 3.05) is 26.2 Å². The summed E-state index contributed by atoms with van der Waals surface area (Å²) in [6.07, 6.45) is 63.2. The van der Waals surface area contributed by atoms with Gasteiger partial charge in [0.1, 0.15) is 0 Å². The first-order valence-corrected chi connectivity index (χ1v) is 25.6. The van der Waals surface area contributed by atoms with E-state index in [0.29, 0.717) is 0 Å². The van der Waals surface area contributed by atoms with Gasteiger partial charge in [-0.3, -0.25) is 0 Å². The van der Waals surface area contributed by atoms with E-state index < -0.39 is 0 Å². The second-order valence-corrected chi connectivity index (χ2v) is 18.0. The van der Waals surface area contributed by atoms with Crippen LogP contribution in [-0.2, 0) is 0 Å². The first-order chi connectivity index (χ1) is 25.7. The van der Waals surface area contributed by atoms with Gasteiger partial charge in [0.25, 0.3) is 0 Å². The quantitative estimate of drug-likeness (QED) is 0.0432. The van der Waals surface area contributed by atoms with Crippen molar-refractivity contribution in [1.82, 2.24) is 0 Å². The minimum Gasteiger partial charge on any atom is -0.324 e. The van der Waals surface area contributed by atoms with Crippen molar-refractivity contribution in [3.63, 3.8) is 0 Å². The van der Waals surface area contributed by atoms with Crippen molar-refractivity contribution in [2.45, 2.75) is 304 Å². The number of hydrogen-bond acceptors (Lipinski definition) is 0. The van der Waals surface area contributed by atoms with Gasteiger partial charge in [-0.15, -0.1) is 0 Å². The van der Waals surface area contributed by atoms with Crippen LogP contribution in [0.15, 0.2) is 0 Å². The van der Waals surface area contributed by atoms with Crippen LogP contribution in [0.1, 0.15) is 304 Å². The van der Waals surface area contributed by atoms with Crippen molar-refractivity contribution in [3.05, 3.63) is 0 Å². The monoisotopic (exact) mass is 733 g/mol. The van der Waals surface area contributed by atoms with Crippen LogP contribution >= 0.6 is 0 Å². The van der Waals surface area contributed by atoms with Crippen molar-refractivity contribution in [3.8, 4) is 0 Å². The summed E-state index contributed by atoms with van der Waals surface area (Å²) in [6, 6.07) is 0. The largest absolute Gasteiger partial charge is 0.324 e. The fourth-order valence-corrected chi connectivity index (χ4v) is 8.94. The minimum atomic E-state index is 1.37. The molecule has 0 amide bonds. The molecule has 0 aromatic rings. The zero-order valence-corrected chi connectivity index (χ0v) is 37.7. The summed E-state index contributed by atoms with van der Waals surface area (Å²) in [4.78, 5) is 0.